The van der Waals surface area contributed by atoms with E-state index < -0.39 is 0 Å². The number of carbonyl (C=O) groups excluding carboxylic acids is 1. The summed E-state index contributed by atoms with van der Waals surface area (Å²) >= 11 is 6.70. The Morgan fingerprint density at radius 1 is 1.16 bits per heavy atom. The second-order valence-corrected chi connectivity index (χ2v) is 10.6. The summed E-state index contributed by atoms with van der Waals surface area (Å²) in [4.78, 5) is 33.4. The molecule has 0 unspecified atom stereocenters. The fraction of sp³-hybridized carbons (Fsp3) is 0.333. The zero-order chi connectivity index (χ0) is 26.5. The lowest BCUT2D eigenvalue weighted by Crippen LogP contribution is -2.27. The van der Waals surface area contributed by atoms with Gasteiger partial charge in [-0.15, -0.1) is 0 Å². The normalized spacial score (nSPS) is 14.8. The summed E-state index contributed by atoms with van der Waals surface area (Å²) in [6.07, 6.45) is 4.25. The Morgan fingerprint density at radius 2 is 1.92 bits per heavy atom. The van der Waals surface area contributed by atoms with Crippen molar-refractivity contribution in [2.45, 2.75) is 39.8 Å². The molecule has 1 fully saturated rings. The molecule has 0 saturated carbocycles. The van der Waals surface area contributed by atoms with Crippen molar-refractivity contribution < 1.29 is 14.3 Å². The van der Waals surface area contributed by atoms with Gasteiger partial charge in [-0.05, 0) is 62.6 Å². The first-order chi connectivity index (χ1) is 17.8. The Hall–Kier alpha value is -3.21. The average molecular weight is 539 g/mol. The lowest BCUT2D eigenvalue weighted by Gasteiger charge is -2.15. The van der Waals surface area contributed by atoms with Gasteiger partial charge in [0.2, 0.25) is 0 Å². The van der Waals surface area contributed by atoms with Crippen LogP contribution in [0.15, 0.2) is 52.3 Å². The minimum Gasteiger partial charge on any atom is -0.497 e. The van der Waals surface area contributed by atoms with Gasteiger partial charge in [0.25, 0.3) is 11.5 Å². The van der Waals surface area contributed by atoms with Crippen LogP contribution in [-0.2, 0) is 16.1 Å². The van der Waals surface area contributed by atoms with Crippen LogP contribution >= 0.6 is 24.0 Å². The van der Waals surface area contributed by atoms with Gasteiger partial charge in [-0.2, -0.15) is 0 Å². The number of thioether (sulfide) groups is 1. The quantitative estimate of drug-likeness (QED) is 0.227. The summed E-state index contributed by atoms with van der Waals surface area (Å²) in [7, 11) is 1.61. The van der Waals surface area contributed by atoms with Crippen LogP contribution in [0.2, 0.25) is 0 Å². The zero-order valence-electron chi connectivity index (χ0n) is 21.3. The van der Waals surface area contributed by atoms with Gasteiger partial charge in [-0.25, -0.2) is 4.98 Å². The van der Waals surface area contributed by atoms with Crippen molar-refractivity contribution >= 4 is 51.7 Å². The fourth-order valence-electron chi connectivity index (χ4n) is 3.80. The number of aromatic nitrogens is 2. The molecular weight excluding hydrogens is 508 g/mol. The van der Waals surface area contributed by atoms with Crippen LogP contribution in [0.5, 0.6) is 5.75 Å². The van der Waals surface area contributed by atoms with E-state index in [-0.39, 0.29) is 17.6 Å². The van der Waals surface area contributed by atoms with Crippen LogP contribution in [0.3, 0.4) is 0 Å². The third kappa shape index (κ3) is 6.38. The third-order valence-corrected chi connectivity index (χ3v) is 7.10. The molecule has 1 saturated heterocycles. The van der Waals surface area contributed by atoms with Crippen molar-refractivity contribution in [2.75, 3.05) is 25.6 Å². The molecule has 1 aliphatic heterocycles. The van der Waals surface area contributed by atoms with E-state index in [1.54, 1.807) is 24.3 Å². The minimum absolute atomic E-state index is 0.155. The molecule has 1 N–H and O–H groups in total. The molecule has 0 aliphatic carbocycles. The van der Waals surface area contributed by atoms with Crippen molar-refractivity contribution in [1.82, 2.24) is 14.3 Å². The zero-order valence-corrected chi connectivity index (χ0v) is 22.9. The maximum Gasteiger partial charge on any atom is 0.267 e. The number of nitrogens with zero attached hydrogens (tertiary/aromatic N) is 3. The second-order valence-electron chi connectivity index (χ2n) is 8.93. The number of ether oxygens (including phenoxy) is 2. The molecule has 3 heterocycles. The van der Waals surface area contributed by atoms with Gasteiger partial charge in [0, 0.05) is 19.3 Å². The molecule has 37 heavy (non-hydrogen) atoms. The number of carbonyl (C=O) groups is 1. The highest BCUT2D eigenvalue weighted by Gasteiger charge is 2.32. The van der Waals surface area contributed by atoms with Crippen LogP contribution in [-0.4, -0.2) is 50.9 Å². The Morgan fingerprint density at radius 3 is 2.62 bits per heavy atom. The molecule has 1 aliphatic rings. The van der Waals surface area contributed by atoms with Gasteiger partial charge in [0.05, 0.1) is 30.2 Å². The molecule has 1 aromatic carbocycles. The molecular formula is C27H30N4O4S2. The predicted molar refractivity (Wildman–Crippen MR) is 152 cm³/mol. The summed E-state index contributed by atoms with van der Waals surface area (Å²) in [6, 6.07) is 11.2. The molecule has 2 aromatic heterocycles. The van der Waals surface area contributed by atoms with E-state index in [1.165, 1.54) is 16.2 Å². The largest absolute Gasteiger partial charge is 0.497 e. The van der Waals surface area contributed by atoms with Gasteiger partial charge >= 0.3 is 0 Å². The second kappa shape index (κ2) is 11.9. The monoisotopic (exact) mass is 538 g/mol. The van der Waals surface area contributed by atoms with Crippen LogP contribution in [0.1, 0.15) is 37.0 Å². The average Bonchev–Trinajstić information content (AvgIpc) is 3.14. The Bertz CT molecular complexity index is 1400. The maximum absolute atomic E-state index is 13.5. The van der Waals surface area contributed by atoms with Crippen molar-refractivity contribution in [1.29, 1.82) is 0 Å². The van der Waals surface area contributed by atoms with Crippen LogP contribution < -0.4 is 15.6 Å². The number of anilines is 1. The molecule has 0 radical (unpaired) electrons. The molecule has 0 atom stereocenters. The van der Waals surface area contributed by atoms with E-state index in [4.69, 9.17) is 21.7 Å². The lowest BCUT2D eigenvalue weighted by atomic mass is 10.2. The Kier molecular flexibility index (Phi) is 8.63. The molecule has 194 valence electrons. The molecule has 4 rings (SSSR count). The molecule has 1 amide bonds. The number of thiocarbonyl (C=S) groups is 1. The predicted octanol–water partition coefficient (Wildman–Crippen LogP) is 4.64. The van der Waals surface area contributed by atoms with Gasteiger partial charge in [-0.1, -0.05) is 42.2 Å². The van der Waals surface area contributed by atoms with E-state index in [0.29, 0.717) is 46.0 Å². The van der Waals surface area contributed by atoms with Crippen molar-refractivity contribution in [3.63, 3.8) is 0 Å². The molecule has 3 aromatic rings. The van der Waals surface area contributed by atoms with Gasteiger partial charge < -0.3 is 14.8 Å². The number of aryl methyl sites for hydroxylation is 1. The maximum atomic E-state index is 13.5. The van der Waals surface area contributed by atoms with Crippen LogP contribution in [0.25, 0.3) is 11.7 Å². The van der Waals surface area contributed by atoms with E-state index in [9.17, 15) is 9.59 Å². The molecule has 0 spiro atoms. The summed E-state index contributed by atoms with van der Waals surface area (Å²) in [5.41, 5.74) is 2.44. The summed E-state index contributed by atoms with van der Waals surface area (Å²) in [5.74, 6) is 0.930. The number of benzene rings is 1. The first-order valence-electron chi connectivity index (χ1n) is 12.0. The Balaban J connectivity index is 1.63. The van der Waals surface area contributed by atoms with Crippen molar-refractivity contribution in [3.8, 4) is 5.75 Å². The summed E-state index contributed by atoms with van der Waals surface area (Å²) in [5, 5.41) is 3.27. The fourth-order valence-corrected chi connectivity index (χ4v) is 5.04. The Labute approximate surface area is 225 Å². The summed E-state index contributed by atoms with van der Waals surface area (Å²) in [6.45, 7) is 7.39. The number of rotatable bonds is 10. The van der Waals surface area contributed by atoms with E-state index >= 15 is 0 Å². The summed E-state index contributed by atoms with van der Waals surface area (Å²) < 4.78 is 12.8. The highest BCUT2D eigenvalue weighted by molar-refractivity contribution is 8.26. The van der Waals surface area contributed by atoms with E-state index in [2.05, 4.69) is 10.3 Å². The van der Waals surface area contributed by atoms with E-state index in [1.807, 2.05) is 57.2 Å². The number of pyridine rings is 1. The van der Waals surface area contributed by atoms with Gasteiger partial charge in [-0.3, -0.25) is 18.9 Å². The lowest BCUT2D eigenvalue weighted by molar-refractivity contribution is -0.122. The third-order valence-electron chi connectivity index (χ3n) is 5.72. The highest BCUT2D eigenvalue weighted by atomic mass is 32.2. The topological polar surface area (TPSA) is 85.2 Å². The number of methoxy groups -OCH3 is 1. The first kappa shape index (κ1) is 26.8. The van der Waals surface area contributed by atoms with Crippen LogP contribution in [0.4, 0.5) is 5.82 Å². The SMILES string of the molecule is COc1ccc(CN2C(=O)C(=Cc3c(NCCCOC(C)C)nc4ccc(C)cn4c3=O)SC2=S)cc1. The van der Waals surface area contributed by atoms with E-state index in [0.717, 1.165) is 23.3 Å². The number of hydrogen-bond donors (Lipinski definition) is 1. The van der Waals surface area contributed by atoms with Gasteiger partial charge in [0.15, 0.2) is 0 Å². The van der Waals surface area contributed by atoms with Crippen LogP contribution in [0, 0.1) is 6.92 Å². The number of nitrogens with one attached hydrogen (secondary N) is 1. The smallest absolute Gasteiger partial charge is 0.267 e. The first-order valence-corrected chi connectivity index (χ1v) is 13.3. The number of fused-ring (bicyclic) bond motifs is 1. The van der Waals surface area contributed by atoms with Gasteiger partial charge in [0.1, 0.15) is 21.5 Å². The van der Waals surface area contributed by atoms with Crippen molar-refractivity contribution in [2.24, 2.45) is 0 Å². The number of hydrogen-bond acceptors (Lipinski definition) is 8. The standard InChI is InChI=1S/C27H30N4O4S2/c1-17(2)35-13-5-12-28-24-21(25(32)30-15-18(3)6-11-23(30)29-24)14-22-26(33)31(27(36)37-22)16-19-7-9-20(34-4)10-8-19/h6-11,14-15,17,28H,5,12-13,16H2,1-4H3. The molecule has 0 bridgehead atoms. The molecule has 8 nitrogen and oxygen atoms in total. The minimum atomic E-state index is -0.255. The highest BCUT2D eigenvalue weighted by Crippen LogP contribution is 2.34. The van der Waals surface area contributed by atoms with Crippen molar-refractivity contribution in [3.05, 3.63) is 74.5 Å². The molecule has 10 heteroatoms. The number of amides is 1.